The fraction of sp³-hybridized carbons (Fsp3) is 0.333. The maximum absolute atomic E-state index is 13.2. The SMILES string of the molecule is O=C(Oc1c(C2CCCC2)ccc(C2CCCC2)c1OC(=O)c1ccccc1)c1ccccc1. The van der Waals surface area contributed by atoms with Crippen LogP contribution < -0.4 is 9.47 Å². The number of carbonyl (C=O) groups excluding carboxylic acids is 2. The summed E-state index contributed by atoms with van der Waals surface area (Å²) in [5.74, 6) is 0.584. The van der Waals surface area contributed by atoms with E-state index in [1.165, 1.54) is 0 Å². The maximum atomic E-state index is 13.2. The molecule has 5 rings (SSSR count). The predicted molar refractivity (Wildman–Crippen MR) is 132 cm³/mol. The van der Waals surface area contributed by atoms with Crippen molar-refractivity contribution in [3.63, 3.8) is 0 Å². The molecule has 2 saturated carbocycles. The number of hydrogen-bond acceptors (Lipinski definition) is 4. The molecule has 0 unspecified atom stereocenters. The van der Waals surface area contributed by atoms with E-state index in [1.807, 2.05) is 36.4 Å². The quantitative estimate of drug-likeness (QED) is 0.287. The first-order valence-electron chi connectivity index (χ1n) is 12.4. The van der Waals surface area contributed by atoms with E-state index in [0.29, 0.717) is 34.5 Å². The summed E-state index contributed by atoms with van der Waals surface area (Å²) in [6.07, 6.45) is 8.80. The van der Waals surface area contributed by atoms with Gasteiger partial charge < -0.3 is 9.47 Å². The zero-order valence-corrected chi connectivity index (χ0v) is 19.4. The van der Waals surface area contributed by atoms with E-state index in [1.54, 1.807) is 24.3 Å². The van der Waals surface area contributed by atoms with Crippen LogP contribution >= 0.6 is 0 Å². The Balaban J connectivity index is 1.60. The van der Waals surface area contributed by atoms with Crippen LogP contribution in [0, 0.1) is 0 Å². The third-order valence-corrected chi connectivity index (χ3v) is 7.17. The second kappa shape index (κ2) is 10.3. The van der Waals surface area contributed by atoms with Crippen LogP contribution in [0.25, 0.3) is 0 Å². The van der Waals surface area contributed by atoms with Crippen molar-refractivity contribution in [2.45, 2.75) is 63.2 Å². The lowest BCUT2D eigenvalue weighted by molar-refractivity contribution is 0.0678. The zero-order chi connectivity index (χ0) is 23.3. The summed E-state index contributed by atoms with van der Waals surface area (Å²) >= 11 is 0. The highest BCUT2D eigenvalue weighted by Gasteiger charge is 2.31. The van der Waals surface area contributed by atoms with Gasteiger partial charge in [-0.05, 0) is 61.8 Å². The number of hydrogen-bond donors (Lipinski definition) is 0. The van der Waals surface area contributed by atoms with E-state index in [2.05, 4.69) is 12.1 Å². The number of ether oxygens (including phenoxy) is 2. The maximum Gasteiger partial charge on any atom is 0.343 e. The van der Waals surface area contributed by atoms with Crippen molar-refractivity contribution in [2.75, 3.05) is 0 Å². The van der Waals surface area contributed by atoms with Gasteiger partial charge in [0, 0.05) is 11.1 Å². The van der Waals surface area contributed by atoms with E-state index in [9.17, 15) is 9.59 Å². The van der Waals surface area contributed by atoms with Crippen molar-refractivity contribution in [2.24, 2.45) is 0 Å². The van der Waals surface area contributed by atoms with Crippen molar-refractivity contribution in [1.29, 1.82) is 0 Å². The number of rotatable bonds is 6. The minimum absolute atomic E-state index is 0.297. The summed E-state index contributed by atoms with van der Waals surface area (Å²) in [5.41, 5.74) is 2.90. The molecule has 4 nitrogen and oxygen atoms in total. The van der Waals surface area contributed by atoms with Gasteiger partial charge in [0.25, 0.3) is 0 Å². The predicted octanol–water partition coefficient (Wildman–Crippen LogP) is 7.44. The number of carbonyl (C=O) groups is 2. The highest BCUT2D eigenvalue weighted by atomic mass is 16.6. The van der Waals surface area contributed by atoms with E-state index < -0.39 is 11.9 Å². The van der Waals surface area contributed by atoms with Gasteiger partial charge in [0.15, 0.2) is 11.5 Å². The fourth-order valence-electron chi connectivity index (χ4n) is 5.37. The lowest BCUT2D eigenvalue weighted by Gasteiger charge is -2.23. The van der Waals surface area contributed by atoms with Gasteiger partial charge >= 0.3 is 11.9 Å². The van der Waals surface area contributed by atoms with Crippen LogP contribution in [0.3, 0.4) is 0 Å². The summed E-state index contributed by atoms with van der Waals surface area (Å²) in [6, 6.07) is 22.2. The van der Waals surface area contributed by atoms with E-state index >= 15 is 0 Å². The molecule has 3 aromatic carbocycles. The Morgan fingerprint density at radius 1 is 0.529 bits per heavy atom. The Labute approximate surface area is 200 Å². The lowest BCUT2D eigenvalue weighted by atomic mass is 9.90. The molecule has 0 spiro atoms. The van der Waals surface area contributed by atoms with Crippen LogP contribution in [0.4, 0.5) is 0 Å². The second-order valence-electron chi connectivity index (χ2n) is 9.38. The first kappa shape index (κ1) is 22.4. The number of esters is 2. The standard InChI is InChI=1S/C30H30O4/c31-29(23-15-3-1-4-16-23)33-27-25(21-11-7-8-12-21)19-20-26(22-13-9-10-14-22)28(27)34-30(32)24-17-5-2-6-18-24/h1-6,15-22H,7-14H2. The largest absolute Gasteiger partial charge is 0.419 e. The Hall–Kier alpha value is -3.40. The van der Waals surface area contributed by atoms with Crippen LogP contribution in [0.5, 0.6) is 11.5 Å². The molecule has 0 bridgehead atoms. The third kappa shape index (κ3) is 4.77. The first-order chi connectivity index (χ1) is 16.7. The molecule has 0 radical (unpaired) electrons. The molecule has 2 aliphatic rings. The van der Waals surface area contributed by atoms with Crippen LogP contribution in [0.2, 0.25) is 0 Å². The fourth-order valence-corrected chi connectivity index (χ4v) is 5.37. The van der Waals surface area contributed by atoms with E-state index in [0.717, 1.165) is 62.5 Å². The molecule has 34 heavy (non-hydrogen) atoms. The molecule has 3 aromatic rings. The molecule has 0 aliphatic heterocycles. The van der Waals surface area contributed by atoms with Crippen molar-refractivity contribution in [3.8, 4) is 11.5 Å². The highest BCUT2D eigenvalue weighted by Crippen LogP contribution is 2.49. The smallest absolute Gasteiger partial charge is 0.343 e. The Bertz CT molecular complexity index is 1050. The normalized spacial score (nSPS) is 16.5. The molecule has 0 atom stereocenters. The molecule has 0 aromatic heterocycles. The minimum atomic E-state index is -0.430. The molecule has 0 heterocycles. The minimum Gasteiger partial charge on any atom is -0.419 e. The van der Waals surface area contributed by atoms with Gasteiger partial charge in [0.05, 0.1) is 11.1 Å². The summed E-state index contributed by atoms with van der Waals surface area (Å²) in [5, 5.41) is 0. The monoisotopic (exact) mass is 454 g/mol. The summed E-state index contributed by atoms with van der Waals surface area (Å²) < 4.78 is 12.2. The molecular weight excluding hydrogens is 424 g/mol. The Kier molecular flexibility index (Phi) is 6.75. The molecule has 4 heteroatoms. The summed E-state index contributed by atoms with van der Waals surface area (Å²) in [6.45, 7) is 0. The zero-order valence-electron chi connectivity index (χ0n) is 19.4. The second-order valence-corrected chi connectivity index (χ2v) is 9.38. The Morgan fingerprint density at radius 3 is 1.24 bits per heavy atom. The van der Waals surface area contributed by atoms with Gasteiger partial charge in [0.2, 0.25) is 0 Å². The average Bonchev–Trinajstić information content (AvgIpc) is 3.61. The molecule has 0 saturated heterocycles. The van der Waals surface area contributed by atoms with Crippen molar-refractivity contribution in [1.82, 2.24) is 0 Å². The summed E-state index contributed by atoms with van der Waals surface area (Å²) in [7, 11) is 0. The van der Waals surface area contributed by atoms with E-state index in [-0.39, 0.29) is 0 Å². The van der Waals surface area contributed by atoms with Gasteiger partial charge in [0.1, 0.15) is 0 Å². The summed E-state index contributed by atoms with van der Waals surface area (Å²) in [4.78, 5) is 26.3. The van der Waals surface area contributed by atoms with Crippen molar-refractivity contribution < 1.29 is 19.1 Å². The van der Waals surface area contributed by atoms with Gasteiger partial charge in [-0.25, -0.2) is 9.59 Å². The first-order valence-corrected chi connectivity index (χ1v) is 12.4. The number of benzene rings is 3. The van der Waals surface area contributed by atoms with E-state index in [4.69, 9.17) is 9.47 Å². The van der Waals surface area contributed by atoms with Crippen LogP contribution in [-0.4, -0.2) is 11.9 Å². The topological polar surface area (TPSA) is 52.6 Å². The lowest BCUT2D eigenvalue weighted by Crippen LogP contribution is -2.16. The average molecular weight is 455 g/mol. The highest BCUT2D eigenvalue weighted by molar-refractivity contribution is 5.93. The molecular formula is C30H30O4. The van der Waals surface area contributed by atoms with Gasteiger partial charge in [-0.15, -0.1) is 0 Å². The van der Waals surface area contributed by atoms with Gasteiger partial charge in [-0.2, -0.15) is 0 Å². The third-order valence-electron chi connectivity index (χ3n) is 7.17. The van der Waals surface area contributed by atoms with Crippen LogP contribution in [0.15, 0.2) is 72.8 Å². The molecule has 2 fully saturated rings. The van der Waals surface area contributed by atoms with Crippen molar-refractivity contribution >= 4 is 11.9 Å². The molecule has 0 amide bonds. The van der Waals surface area contributed by atoms with Crippen LogP contribution in [-0.2, 0) is 0 Å². The van der Waals surface area contributed by atoms with Gasteiger partial charge in [-0.1, -0.05) is 74.2 Å². The molecule has 174 valence electrons. The van der Waals surface area contributed by atoms with Crippen LogP contribution in [0.1, 0.15) is 95.0 Å². The molecule has 0 N–H and O–H groups in total. The van der Waals surface area contributed by atoms with Crippen molar-refractivity contribution in [3.05, 3.63) is 95.1 Å². The Morgan fingerprint density at radius 2 is 0.882 bits per heavy atom. The van der Waals surface area contributed by atoms with Gasteiger partial charge in [-0.3, -0.25) is 0 Å². The molecule has 2 aliphatic carbocycles.